The molecule has 1 atom stereocenters. The Bertz CT molecular complexity index is 718. The lowest BCUT2D eigenvalue weighted by Gasteiger charge is -2.09. The van der Waals surface area contributed by atoms with Gasteiger partial charge in [0, 0.05) is 6.21 Å². The van der Waals surface area contributed by atoms with Crippen LogP contribution in [0.15, 0.2) is 53.5 Å². The van der Waals surface area contributed by atoms with Crippen LogP contribution in [-0.2, 0) is 9.53 Å². The topological polar surface area (TPSA) is 47.9 Å². The smallest absolute Gasteiger partial charge is 0.344 e. The van der Waals surface area contributed by atoms with Crippen LogP contribution in [0.2, 0.25) is 0 Å². The number of carbonyl (C=O) groups is 1. The fourth-order valence-corrected chi connectivity index (χ4v) is 2.36. The van der Waals surface area contributed by atoms with E-state index in [-0.39, 0.29) is 18.7 Å². The number of hydrogen-bond donors (Lipinski definition) is 0. The van der Waals surface area contributed by atoms with Crippen molar-refractivity contribution in [2.45, 2.75) is 46.1 Å². The quantitative estimate of drug-likeness (QED) is 0.479. The molecule has 0 aromatic heterocycles. The molecule has 0 aliphatic heterocycles. The van der Waals surface area contributed by atoms with Crippen molar-refractivity contribution >= 4 is 17.9 Å². The minimum absolute atomic E-state index is 0.0891. The molecule has 0 aliphatic carbocycles. The molecule has 0 radical (unpaired) electrons. The molecule has 2 aromatic rings. The van der Waals surface area contributed by atoms with Gasteiger partial charge in [-0.1, -0.05) is 26.0 Å². The molecule has 0 heterocycles. The third kappa shape index (κ3) is 6.36. The predicted octanol–water partition coefficient (Wildman–Crippen LogP) is 5.28. The molecule has 0 saturated heterocycles. The maximum atomic E-state index is 11.5. The predicted molar refractivity (Wildman–Crippen MR) is 106 cm³/mol. The van der Waals surface area contributed by atoms with Crippen molar-refractivity contribution in [3.63, 3.8) is 0 Å². The molecule has 2 rings (SSSR count). The Morgan fingerprint density at radius 3 is 2.27 bits per heavy atom. The van der Waals surface area contributed by atoms with Gasteiger partial charge < -0.3 is 9.47 Å². The Labute approximate surface area is 155 Å². The van der Waals surface area contributed by atoms with E-state index < -0.39 is 0 Å². The Hall–Kier alpha value is -2.62. The summed E-state index contributed by atoms with van der Waals surface area (Å²) in [5.74, 6) is 0.825. The zero-order valence-electron chi connectivity index (χ0n) is 15.9. The van der Waals surface area contributed by atoms with Crippen molar-refractivity contribution in [1.82, 2.24) is 0 Å². The van der Waals surface area contributed by atoms with Gasteiger partial charge in [-0.15, -0.1) is 0 Å². The van der Waals surface area contributed by atoms with Crippen molar-refractivity contribution in [1.29, 1.82) is 0 Å². The number of hydrogen-bond acceptors (Lipinski definition) is 4. The van der Waals surface area contributed by atoms with E-state index in [0.29, 0.717) is 11.7 Å². The second kappa shape index (κ2) is 9.76. The average Bonchev–Trinajstić information content (AvgIpc) is 2.65. The molecule has 2 aromatic carbocycles. The van der Waals surface area contributed by atoms with Crippen molar-refractivity contribution in [3.8, 4) is 5.75 Å². The maximum absolute atomic E-state index is 11.5. The van der Waals surface area contributed by atoms with Gasteiger partial charge in [-0.3, -0.25) is 4.99 Å². The summed E-state index contributed by atoms with van der Waals surface area (Å²) in [7, 11) is 0. The van der Waals surface area contributed by atoms with E-state index in [1.165, 1.54) is 5.56 Å². The molecule has 4 heteroatoms. The molecule has 4 nitrogen and oxygen atoms in total. The summed E-state index contributed by atoms with van der Waals surface area (Å²) in [6.45, 7) is 7.95. The lowest BCUT2D eigenvalue weighted by molar-refractivity contribution is -0.149. The van der Waals surface area contributed by atoms with E-state index in [9.17, 15) is 4.79 Å². The van der Waals surface area contributed by atoms with Crippen molar-refractivity contribution < 1.29 is 14.3 Å². The van der Waals surface area contributed by atoms with Crippen LogP contribution in [0, 0.1) is 0 Å². The van der Waals surface area contributed by atoms with Crippen LogP contribution >= 0.6 is 0 Å². The normalized spacial score (nSPS) is 12.3. The van der Waals surface area contributed by atoms with Crippen LogP contribution in [0.3, 0.4) is 0 Å². The molecule has 138 valence electrons. The minimum Gasteiger partial charge on any atom is -0.482 e. The molecule has 0 amide bonds. The van der Waals surface area contributed by atoms with E-state index in [2.05, 4.69) is 31.0 Å². The monoisotopic (exact) mass is 353 g/mol. The highest BCUT2D eigenvalue weighted by molar-refractivity contribution is 5.82. The SMILES string of the molecule is CC[C@H](C)c1ccc(N=Cc2ccc(OCC(=O)OC(C)C)cc2)cc1. The first-order valence-electron chi connectivity index (χ1n) is 9.04. The minimum atomic E-state index is -0.369. The lowest BCUT2D eigenvalue weighted by Crippen LogP contribution is -2.18. The van der Waals surface area contributed by atoms with Crippen LogP contribution in [-0.4, -0.2) is 24.9 Å². The van der Waals surface area contributed by atoms with E-state index in [1.54, 1.807) is 0 Å². The summed E-state index contributed by atoms with van der Waals surface area (Å²) in [6, 6.07) is 15.8. The van der Waals surface area contributed by atoms with Crippen LogP contribution in [0.25, 0.3) is 0 Å². The second-order valence-corrected chi connectivity index (χ2v) is 6.56. The number of carbonyl (C=O) groups excluding carboxylic acids is 1. The van der Waals surface area contributed by atoms with Crippen LogP contribution in [0.5, 0.6) is 5.75 Å². The molecule has 0 aliphatic rings. The molecular formula is C22H27NO3. The van der Waals surface area contributed by atoms with E-state index in [1.807, 2.05) is 56.5 Å². The lowest BCUT2D eigenvalue weighted by atomic mass is 9.99. The maximum Gasteiger partial charge on any atom is 0.344 e. The van der Waals surface area contributed by atoms with Crippen LogP contribution in [0.1, 0.15) is 51.2 Å². The third-order valence-electron chi connectivity index (χ3n) is 4.04. The Morgan fingerprint density at radius 2 is 1.69 bits per heavy atom. The molecule has 0 fully saturated rings. The highest BCUT2D eigenvalue weighted by atomic mass is 16.6. The Balaban J connectivity index is 1.90. The van der Waals surface area contributed by atoms with Gasteiger partial charge in [0.15, 0.2) is 6.61 Å². The zero-order valence-corrected chi connectivity index (χ0v) is 15.9. The van der Waals surface area contributed by atoms with Crippen molar-refractivity contribution in [2.75, 3.05) is 6.61 Å². The molecule has 0 spiro atoms. The van der Waals surface area contributed by atoms with Gasteiger partial charge in [-0.05, 0) is 73.7 Å². The molecule has 0 bridgehead atoms. The summed E-state index contributed by atoms with van der Waals surface area (Å²) in [6.07, 6.45) is 2.81. The largest absolute Gasteiger partial charge is 0.482 e. The molecule has 0 saturated carbocycles. The summed E-state index contributed by atoms with van der Waals surface area (Å²) in [5, 5.41) is 0. The third-order valence-corrected chi connectivity index (χ3v) is 4.04. The van der Waals surface area contributed by atoms with Crippen molar-refractivity contribution in [3.05, 3.63) is 59.7 Å². The summed E-state index contributed by atoms with van der Waals surface area (Å²) in [5.41, 5.74) is 3.23. The van der Waals surface area contributed by atoms with E-state index in [0.717, 1.165) is 17.7 Å². The number of esters is 1. The first kappa shape index (κ1) is 19.7. The van der Waals surface area contributed by atoms with Gasteiger partial charge in [-0.25, -0.2) is 4.79 Å². The number of aliphatic imine (C=N–C) groups is 1. The second-order valence-electron chi connectivity index (χ2n) is 6.56. The van der Waals surface area contributed by atoms with E-state index >= 15 is 0 Å². The highest BCUT2D eigenvalue weighted by Crippen LogP contribution is 2.21. The Kier molecular flexibility index (Phi) is 7.39. The fraction of sp³-hybridized carbons (Fsp3) is 0.364. The number of nitrogens with zero attached hydrogens (tertiary/aromatic N) is 1. The van der Waals surface area contributed by atoms with Crippen molar-refractivity contribution in [2.24, 2.45) is 4.99 Å². The highest BCUT2D eigenvalue weighted by Gasteiger charge is 2.06. The van der Waals surface area contributed by atoms with Crippen LogP contribution in [0.4, 0.5) is 5.69 Å². The first-order chi connectivity index (χ1) is 12.5. The number of rotatable bonds is 8. The summed E-state index contributed by atoms with van der Waals surface area (Å²) < 4.78 is 10.4. The number of ether oxygens (including phenoxy) is 2. The zero-order chi connectivity index (χ0) is 18.9. The van der Waals surface area contributed by atoms with E-state index in [4.69, 9.17) is 9.47 Å². The molecule has 26 heavy (non-hydrogen) atoms. The average molecular weight is 353 g/mol. The van der Waals surface area contributed by atoms with Gasteiger partial charge in [0.25, 0.3) is 0 Å². The van der Waals surface area contributed by atoms with Gasteiger partial charge in [-0.2, -0.15) is 0 Å². The molecular weight excluding hydrogens is 326 g/mol. The van der Waals surface area contributed by atoms with Crippen LogP contribution < -0.4 is 4.74 Å². The number of benzene rings is 2. The first-order valence-corrected chi connectivity index (χ1v) is 9.04. The van der Waals surface area contributed by atoms with Gasteiger partial charge in [0.05, 0.1) is 11.8 Å². The molecule has 0 N–H and O–H groups in total. The Morgan fingerprint density at radius 1 is 1.04 bits per heavy atom. The van der Waals surface area contributed by atoms with Gasteiger partial charge in [0.2, 0.25) is 0 Å². The molecule has 0 unspecified atom stereocenters. The van der Waals surface area contributed by atoms with Gasteiger partial charge >= 0.3 is 5.97 Å². The summed E-state index contributed by atoms with van der Waals surface area (Å²) in [4.78, 5) is 16.0. The summed E-state index contributed by atoms with van der Waals surface area (Å²) >= 11 is 0. The fourth-order valence-electron chi connectivity index (χ4n) is 2.36. The van der Waals surface area contributed by atoms with Gasteiger partial charge in [0.1, 0.15) is 5.75 Å². The standard InChI is InChI=1S/C22H27NO3/c1-5-17(4)19-8-10-20(11-9-19)23-14-18-6-12-21(13-7-18)25-15-22(24)26-16(2)3/h6-14,16-17H,5,15H2,1-4H3/t17-/m0/s1.